The number of hydrogen-bond acceptors (Lipinski definition) is 6. The lowest BCUT2D eigenvalue weighted by Crippen LogP contribution is -2.19. The molecule has 1 aromatic rings. The maximum absolute atomic E-state index is 12.2. The van der Waals surface area contributed by atoms with E-state index in [2.05, 4.69) is 6.92 Å². The molecule has 41 heavy (non-hydrogen) atoms. The molecule has 7 heteroatoms. The first-order valence-electron chi connectivity index (χ1n) is 16.8. The largest absolute Gasteiger partial charge is 0.379 e. The minimum absolute atomic E-state index is 0.0386. The number of benzene rings is 1. The second-order valence-electron chi connectivity index (χ2n) is 11.8. The van der Waals surface area contributed by atoms with E-state index in [0.717, 1.165) is 31.2 Å². The quantitative estimate of drug-likeness (QED) is 0.0744. The van der Waals surface area contributed by atoms with Crippen LogP contribution in [0.3, 0.4) is 0 Å². The lowest BCUT2D eigenvalue weighted by molar-refractivity contribution is -0.0761. The minimum atomic E-state index is -3.66. The van der Waals surface area contributed by atoms with Crippen molar-refractivity contribution in [1.82, 2.24) is 0 Å². The Morgan fingerprint density at radius 3 is 1.80 bits per heavy atom. The van der Waals surface area contributed by atoms with Gasteiger partial charge in [-0.15, -0.1) is 0 Å². The Kier molecular flexibility index (Phi) is 20.7. The second kappa shape index (κ2) is 23.5. The first kappa shape index (κ1) is 36.2. The van der Waals surface area contributed by atoms with Gasteiger partial charge >= 0.3 is 0 Å². The van der Waals surface area contributed by atoms with E-state index in [0.29, 0.717) is 26.2 Å². The molecule has 0 N–H and O–H groups in total. The van der Waals surface area contributed by atoms with Gasteiger partial charge in [0.15, 0.2) is 6.29 Å². The summed E-state index contributed by atoms with van der Waals surface area (Å²) in [5.41, 5.74) is 1.02. The van der Waals surface area contributed by atoms with E-state index in [1.165, 1.54) is 96.3 Å². The molecule has 0 aromatic heterocycles. The molecular weight excluding hydrogens is 536 g/mol. The highest BCUT2D eigenvalue weighted by molar-refractivity contribution is 7.86. The van der Waals surface area contributed by atoms with Crippen molar-refractivity contribution in [3.05, 3.63) is 29.8 Å². The Hall–Kier alpha value is -0.990. The molecule has 238 valence electrons. The molecule has 0 saturated carbocycles. The predicted octanol–water partition coefficient (Wildman–Crippen LogP) is 9.28. The third-order valence-electron chi connectivity index (χ3n) is 7.89. The average Bonchev–Trinajstić information content (AvgIpc) is 3.42. The molecule has 0 amide bonds. The number of hydrogen-bond donors (Lipinski definition) is 0. The third-order valence-corrected chi connectivity index (χ3v) is 9.22. The molecule has 0 aliphatic carbocycles. The van der Waals surface area contributed by atoms with Gasteiger partial charge in [0.05, 0.1) is 24.7 Å². The maximum Gasteiger partial charge on any atom is 0.296 e. The maximum atomic E-state index is 12.2. The second-order valence-corrected chi connectivity index (χ2v) is 13.5. The zero-order valence-corrected chi connectivity index (χ0v) is 27.1. The lowest BCUT2D eigenvalue weighted by Gasteiger charge is -2.12. The molecule has 1 aliphatic rings. The van der Waals surface area contributed by atoms with E-state index in [9.17, 15) is 8.42 Å². The van der Waals surface area contributed by atoms with E-state index in [1.807, 2.05) is 6.92 Å². The molecule has 0 bridgehead atoms. The molecular formula is C34H60O6S. The van der Waals surface area contributed by atoms with Crippen LogP contribution in [0.2, 0.25) is 0 Å². The number of ether oxygens (including phenoxy) is 3. The van der Waals surface area contributed by atoms with Gasteiger partial charge in [-0.25, -0.2) is 0 Å². The first-order chi connectivity index (χ1) is 20.0. The van der Waals surface area contributed by atoms with Gasteiger partial charge in [0, 0.05) is 6.61 Å². The monoisotopic (exact) mass is 596 g/mol. The third kappa shape index (κ3) is 18.3. The predicted molar refractivity (Wildman–Crippen MR) is 168 cm³/mol. The highest BCUT2D eigenvalue weighted by Gasteiger charge is 2.25. The summed E-state index contributed by atoms with van der Waals surface area (Å²) in [6.07, 6.45) is 25.2. The molecule has 0 radical (unpaired) electrons. The molecule has 2 rings (SSSR count). The van der Waals surface area contributed by atoms with Crippen LogP contribution in [0.4, 0.5) is 0 Å². The Morgan fingerprint density at radius 2 is 1.22 bits per heavy atom. The summed E-state index contributed by atoms with van der Waals surface area (Å²) in [4.78, 5) is 0.215. The molecule has 2 unspecified atom stereocenters. The smallest absolute Gasteiger partial charge is 0.296 e. The van der Waals surface area contributed by atoms with Crippen LogP contribution >= 0.6 is 0 Å². The molecule has 1 fully saturated rings. The van der Waals surface area contributed by atoms with Crippen LogP contribution in [0, 0.1) is 6.92 Å². The highest BCUT2D eigenvalue weighted by atomic mass is 32.2. The SMILES string of the molecule is CCCCCCCCCCCCCCCCCC1OCC(COCCCCCCOS(=O)(=O)c2ccc(C)cc2)O1. The summed E-state index contributed by atoms with van der Waals surface area (Å²) in [5, 5.41) is 0. The van der Waals surface area contributed by atoms with E-state index < -0.39 is 10.1 Å². The normalized spacial score (nSPS) is 17.4. The topological polar surface area (TPSA) is 71.1 Å². The summed E-state index contributed by atoms with van der Waals surface area (Å²) < 4.78 is 47.1. The molecule has 6 nitrogen and oxygen atoms in total. The zero-order chi connectivity index (χ0) is 29.4. The molecule has 1 aliphatic heterocycles. The summed E-state index contributed by atoms with van der Waals surface area (Å²) >= 11 is 0. The van der Waals surface area contributed by atoms with Crippen molar-refractivity contribution in [2.24, 2.45) is 0 Å². The van der Waals surface area contributed by atoms with Crippen LogP contribution in [0.5, 0.6) is 0 Å². The average molecular weight is 597 g/mol. The number of rotatable bonds is 27. The first-order valence-corrected chi connectivity index (χ1v) is 18.2. The van der Waals surface area contributed by atoms with Crippen molar-refractivity contribution in [2.75, 3.05) is 26.4 Å². The standard InChI is InChI=1S/C34H60O6S/c1-3-4-5-6-7-8-9-10-11-12-13-14-15-16-19-22-34-38-30-32(40-34)29-37-27-20-17-18-21-28-39-41(35,36)33-25-23-31(2)24-26-33/h23-26,32,34H,3-22,27-30H2,1-2H3. The van der Waals surface area contributed by atoms with Gasteiger partial charge in [-0.1, -0.05) is 127 Å². The summed E-state index contributed by atoms with van der Waals surface area (Å²) in [7, 11) is -3.66. The van der Waals surface area contributed by atoms with Crippen molar-refractivity contribution >= 4 is 10.1 Å². The van der Waals surface area contributed by atoms with Crippen molar-refractivity contribution < 1.29 is 26.8 Å². The van der Waals surface area contributed by atoms with Gasteiger partial charge in [-0.05, 0) is 44.7 Å². The summed E-state index contributed by atoms with van der Waals surface area (Å²) in [6.45, 7) is 6.31. The van der Waals surface area contributed by atoms with Crippen LogP contribution in [-0.4, -0.2) is 47.2 Å². The van der Waals surface area contributed by atoms with E-state index >= 15 is 0 Å². The Morgan fingerprint density at radius 1 is 0.707 bits per heavy atom. The van der Waals surface area contributed by atoms with Crippen LogP contribution in [0.25, 0.3) is 0 Å². The van der Waals surface area contributed by atoms with Crippen LogP contribution in [0.1, 0.15) is 141 Å². The molecule has 0 spiro atoms. The van der Waals surface area contributed by atoms with Gasteiger partial charge in [-0.3, -0.25) is 4.18 Å². The fraction of sp³-hybridized carbons (Fsp3) is 0.824. The Balaban J connectivity index is 1.31. The molecule has 2 atom stereocenters. The van der Waals surface area contributed by atoms with Crippen LogP contribution in [0.15, 0.2) is 29.2 Å². The Labute approximate surface area is 252 Å². The number of unbranched alkanes of at least 4 members (excludes halogenated alkanes) is 17. The minimum Gasteiger partial charge on any atom is -0.379 e. The highest BCUT2D eigenvalue weighted by Crippen LogP contribution is 2.19. The fourth-order valence-corrected chi connectivity index (χ4v) is 6.19. The van der Waals surface area contributed by atoms with Gasteiger partial charge < -0.3 is 14.2 Å². The summed E-state index contributed by atoms with van der Waals surface area (Å²) in [5.74, 6) is 0. The van der Waals surface area contributed by atoms with Crippen molar-refractivity contribution in [2.45, 2.75) is 160 Å². The lowest BCUT2D eigenvalue weighted by atomic mass is 10.0. The van der Waals surface area contributed by atoms with Crippen LogP contribution < -0.4 is 0 Å². The molecule has 1 aromatic carbocycles. The Bertz CT molecular complexity index is 841. The van der Waals surface area contributed by atoms with Gasteiger partial charge in [-0.2, -0.15) is 8.42 Å². The van der Waals surface area contributed by atoms with Gasteiger partial charge in [0.1, 0.15) is 6.10 Å². The fourth-order valence-electron chi connectivity index (χ4n) is 5.25. The van der Waals surface area contributed by atoms with Crippen molar-refractivity contribution in [3.63, 3.8) is 0 Å². The van der Waals surface area contributed by atoms with E-state index in [1.54, 1.807) is 24.3 Å². The van der Waals surface area contributed by atoms with Crippen molar-refractivity contribution in [1.29, 1.82) is 0 Å². The van der Waals surface area contributed by atoms with E-state index in [4.69, 9.17) is 18.4 Å². The van der Waals surface area contributed by atoms with Gasteiger partial charge in [0.2, 0.25) is 0 Å². The van der Waals surface area contributed by atoms with Gasteiger partial charge in [0.25, 0.3) is 10.1 Å². The van der Waals surface area contributed by atoms with Crippen LogP contribution in [-0.2, 0) is 28.5 Å². The van der Waals surface area contributed by atoms with E-state index in [-0.39, 0.29) is 23.9 Å². The number of aryl methyl sites for hydroxylation is 1. The van der Waals surface area contributed by atoms with Crippen molar-refractivity contribution in [3.8, 4) is 0 Å². The molecule has 1 saturated heterocycles. The summed E-state index contributed by atoms with van der Waals surface area (Å²) in [6, 6.07) is 6.73. The zero-order valence-electron chi connectivity index (χ0n) is 26.3. The molecule has 1 heterocycles.